The Hall–Kier alpha value is -3.06. The maximum absolute atomic E-state index is 13.4. The van der Waals surface area contributed by atoms with Crippen LogP contribution in [0, 0.1) is 6.92 Å². The van der Waals surface area contributed by atoms with E-state index in [0.717, 1.165) is 17.7 Å². The number of rotatable bonds is 8. The van der Waals surface area contributed by atoms with Gasteiger partial charge in [-0.25, -0.2) is 0 Å². The number of hydrogen-bond donors (Lipinski definition) is 0. The minimum atomic E-state index is -0.180. The summed E-state index contributed by atoms with van der Waals surface area (Å²) in [5.41, 5.74) is 2.31. The summed E-state index contributed by atoms with van der Waals surface area (Å²) in [4.78, 5) is 30.7. The number of benzene rings is 1. The second kappa shape index (κ2) is 10.0. The summed E-state index contributed by atoms with van der Waals surface area (Å²) in [6.45, 7) is 5.14. The van der Waals surface area contributed by atoms with E-state index in [4.69, 9.17) is 9.15 Å². The Labute approximate surface area is 192 Å². The predicted molar refractivity (Wildman–Crippen MR) is 124 cm³/mol. The highest BCUT2D eigenvalue weighted by Gasteiger charge is 2.33. The lowest BCUT2D eigenvalue weighted by molar-refractivity contribution is -0.143. The van der Waals surface area contributed by atoms with Crippen molar-refractivity contribution in [2.24, 2.45) is 0 Å². The van der Waals surface area contributed by atoms with Crippen LogP contribution in [-0.4, -0.2) is 41.3 Å². The smallest absolute Gasteiger partial charge is 0.242 e. The number of amides is 2. The summed E-state index contributed by atoms with van der Waals surface area (Å²) >= 11 is 1.72. The highest BCUT2D eigenvalue weighted by Crippen LogP contribution is 2.34. The molecule has 6 nitrogen and oxygen atoms in total. The zero-order chi connectivity index (χ0) is 22.5. The molecule has 0 aliphatic carbocycles. The number of ether oxygens (including phenoxy) is 1. The third-order valence-electron chi connectivity index (χ3n) is 5.75. The topological polar surface area (TPSA) is 63.0 Å². The van der Waals surface area contributed by atoms with E-state index in [1.54, 1.807) is 35.5 Å². The molecule has 1 atom stereocenters. The second-order valence-electron chi connectivity index (χ2n) is 7.96. The van der Waals surface area contributed by atoms with Crippen LogP contribution in [0.1, 0.15) is 41.2 Å². The van der Waals surface area contributed by atoms with Crippen LogP contribution in [0.15, 0.2) is 58.5 Å². The van der Waals surface area contributed by atoms with Gasteiger partial charge < -0.3 is 19.0 Å². The molecule has 3 aromatic rings. The van der Waals surface area contributed by atoms with Crippen LogP contribution in [-0.2, 0) is 22.6 Å². The van der Waals surface area contributed by atoms with E-state index >= 15 is 0 Å². The molecule has 168 valence electrons. The lowest BCUT2D eigenvalue weighted by atomic mass is 10.0. The van der Waals surface area contributed by atoms with Crippen LogP contribution < -0.4 is 4.74 Å². The molecule has 2 amide bonds. The minimum Gasteiger partial charge on any atom is -0.491 e. The molecule has 0 saturated heterocycles. The van der Waals surface area contributed by atoms with Crippen molar-refractivity contribution in [2.45, 2.75) is 39.3 Å². The van der Waals surface area contributed by atoms with Crippen molar-refractivity contribution in [3.63, 3.8) is 0 Å². The van der Waals surface area contributed by atoms with Crippen LogP contribution in [0.3, 0.4) is 0 Å². The molecule has 4 rings (SSSR count). The van der Waals surface area contributed by atoms with Crippen molar-refractivity contribution in [3.05, 3.63) is 75.9 Å². The fraction of sp³-hybridized carbons (Fsp3) is 0.360. The van der Waals surface area contributed by atoms with Crippen molar-refractivity contribution in [2.75, 3.05) is 19.7 Å². The Bertz CT molecular complexity index is 1040. The summed E-state index contributed by atoms with van der Waals surface area (Å²) < 4.78 is 11.5. The number of aryl methyl sites for hydroxylation is 1. The molecule has 0 radical (unpaired) electrons. The SMILES string of the molecule is CCC(=O)N(CC(=O)N1CCc2sccc2[C@@H]1COc1ccc(C)cc1)Cc1ccco1. The molecule has 0 fully saturated rings. The van der Waals surface area contributed by atoms with Crippen LogP contribution >= 0.6 is 11.3 Å². The van der Waals surface area contributed by atoms with E-state index in [1.807, 2.05) is 42.2 Å². The van der Waals surface area contributed by atoms with Gasteiger partial charge in [-0.05, 0) is 54.6 Å². The Morgan fingerprint density at radius 3 is 2.75 bits per heavy atom. The van der Waals surface area contributed by atoms with E-state index in [0.29, 0.717) is 25.3 Å². The number of hydrogen-bond acceptors (Lipinski definition) is 5. The number of thiophene rings is 1. The summed E-state index contributed by atoms with van der Waals surface area (Å²) in [6.07, 6.45) is 2.73. The summed E-state index contributed by atoms with van der Waals surface area (Å²) in [7, 11) is 0. The largest absolute Gasteiger partial charge is 0.491 e. The quantitative estimate of drug-likeness (QED) is 0.501. The molecule has 0 bridgehead atoms. The molecular weight excluding hydrogens is 424 g/mol. The van der Waals surface area contributed by atoms with E-state index < -0.39 is 0 Å². The van der Waals surface area contributed by atoms with Crippen molar-refractivity contribution in [1.29, 1.82) is 0 Å². The van der Waals surface area contributed by atoms with Crippen LogP contribution in [0.25, 0.3) is 0 Å². The average Bonchev–Trinajstić information content (AvgIpc) is 3.49. The standard InChI is InChI=1S/C25H28N2O4S/c1-3-24(28)26(15-20-5-4-13-30-20)16-25(29)27-12-10-23-21(11-14-32-23)22(27)17-31-19-8-6-18(2)7-9-19/h4-9,11,13-14,22H,3,10,12,15-17H2,1-2H3/t22-/m0/s1. The third kappa shape index (κ3) is 5.05. The van der Waals surface area contributed by atoms with Crippen LogP contribution in [0.5, 0.6) is 5.75 Å². The van der Waals surface area contributed by atoms with Crippen LogP contribution in [0.4, 0.5) is 0 Å². The molecule has 3 heterocycles. The Morgan fingerprint density at radius 2 is 2.03 bits per heavy atom. The molecule has 2 aromatic heterocycles. The first-order valence-corrected chi connectivity index (χ1v) is 11.8. The number of fused-ring (bicyclic) bond motifs is 1. The Morgan fingerprint density at radius 1 is 1.22 bits per heavy atom. The first-order chi connectivity index (χ1) is 15.5. The van der Waals surface area contributed by atoms with Crippen LogP contribution in [0.2, 0.25) is 0 Å². The van der Waals surface area contributed by atoms with E-state index in [2.05, 4.69) is 11.4 Å². The van der Waals surface area contributed by atoms with Gasteiger partial charge >= 0.3 is 0 Å². The van der Waals surface area contributed by atoms with Crippen molar-refractivity contribution in [3.8, 4) is 5.75 Å². The fourth-order valence-electron chi connectivity index (χ4n) is 3.98. The fourth-order valence-corrected chi connectivity index (χ4v) is 4.91. The third-order valence-corrected chi connectivity index (χ3v) is 6.75. The van der Waals surface area contributed by atoms with Gasteiger partial charge in [0.15, 0.2) is 0 Å². The molecular formula is C25H28N2O4S. The van der Waals surface area contributed by atoms with Crippen molar-refractivity contribution in [1.82, 2.24) is 9.80 Å². The maximum Gasteiger partial charge on any atom is 0.242 e. The van der Waals surface area contributed by atoms with Gasteiger partial charge in [0.25, 0.3) is 0 Å². The second-order valence-corrected chi connectivity index (χ2v) is 8.96. The zero-order valence-electron chi connectivity index (χ0n) is 18.5. The van der Waals surface area contributed by atoms with Gasteiger partial charge in [0.1, 0.15) is 24.7 Å². The molecule has 0 unspecified atom stereocenters. The first-order valence-electron chi connectivity index (χ1n) is 10.9. The molecule has 0 saturated carbocycles. The van der Waals surface area contributed by atoms with Gasteiger partial charge in [-0.2, -0.15) is 0 Å². The number of furan rings is 1. The predicted octanol–water partition coefficient (Wildman–Crippen LogP) is 4.59. The van der Waals surface area contributed by atoms with Gasteiger partial charge in [-0.15, -0.1) is 11.3 Å². The summed E-state index contributed by atoms with van der Waals surface area (Å²) in [6, 6.07) is 13.4. The lowest BCUT2D eigenvalue weighted by Gasteiger charge is -2.37. The zero-order valence-corrected chi connectivity index (χ0v) is 19.3. The van der Waals surface area contributed by atoms with Gasteiger partial charge in [0, 0.05) is 17.8 Å². The van der Waals surface area contributed by atoms with Crippen molar-refractivity contribution < 1.29 is 18.7 Å². The molecule has 0 spiro atoms. The average molecular weight is 453 g/mol. The van der Waals surface area contributed by atoms with Gasteiger partial charge in [0.2, 0.25) is 11.8 Å². The summed E-state index contributed by atoms with van der Waals surface area (Å²) in [5, 5.41) is 2.07. The Balaban J connectivity index is 1.50. The molecule has 32 heavy (non-hydrogen) atoms. The van der Waals surface area contributed by atoms with Gasteiger partial charge in [-0.3, -0.25) is 9.59 Å². The van der Waals surface area contributed by atoms with Gasteiger partial charge in [-0.1, -0.05) is 24.6 Å². The highest BCUT2D eigenvalue weighted by atomic mass is 32.1. The van der Waals surface area contributed by atoms with Crippen molar-refractivity contribution >= 4 is 23.2 Å². The highest BCUT2D eigenvalue weighted by molar-refractivity contribution is 7.10. The summed E-state index contributed by atoms with van der Waals surface area (Å²) in [5.74, 6) is 1.30. The number of carbonyl (C=O) groups excluding carboxylic acids is 2. The maximum atomic E-state index is 13.4. The number of carbonyl (C=O) groups is 2. The first kappa shape index (κ1) is 22.1. The van der Waals surface area contributed by atoms with E-state index in [-0.39, 0.29) is 30.9 Å². The monoisotopic (exact) mass is 452 g/mol. The van der Waals surface area contributed by atoms with E-state index in [1.165, 1.54) is 10.4 Å². The lowest BCUT2D eigenvalue weighted by Crippen LogP contribution is -2.47. The molecule has 1 aliphatic rings. The van der Waals surface area contributed by atoms with Gasteiger partial charge in [0.05, 0.1) is 18.8 Å². The molecule has 0 N–H and O–H groups in total. The molecule has 7 heteroatoms. The molecule has 1 aromatic carbocycles. The minimum absolute atomic E-state index is 0.0217. The normalized spacial score (nSPS) is 15.3. The van der Waals surface area contributed by atoms with E-state index in [9.17, 15) is 9.59 Å². The Kier molecular flexibility index (Phi) is 6.95. The molecule has 1 aliphatic heterocycles. The number of nitrogens with zero attached hydrogens (tertiary/aromatic N) is 2.